The average molecular weight is 160 g/mol. The van der Waals surface area contributed by atoms with Crippen LogP contribution in [0.25, 0.3) is 0 Å². The Kier molecular flexibility index (Phi) is 5.15. The van der Waals surface area contributed by atoms with Crippen molar-refractivity contribution < 1.29 is 19.4 Å². The Hall–Kier alpha value is -1.06. The minimum atomic E-state index is -0.533. The Morgan fingerprint density at radius 1 is 1.09 bits per heavy atom. The van der Waals surface area contributed by atoms with Gasteiger partial charge < -0.3 is 0 Å². The van der Waals surface area contributed by atoms with Crippen LogP contribution in [-0.2, 0) is 19.4 Å². The van der Waals surface area contributed by atoms with E-state index in [1.54, 1.807) is 6.92 Å². The first-order valence-corrected chi connectivity index (χ1v) is 3.60. The maximum atomic E-state index is 10.6. The standard InChI is InChI=1S/C7H12O4/c1-3-5-7(9)11-10-6(8)4-2/h3-5H2,1-2H3. The van der Waals surface area contributed by atoms with Gasteiger partial charge in [-0.3, -0.25) is 0 Å². The summed E-state index contributed by atoms with van der Waals surface area (Å²) in [6.07, 6.45) is 1.17. The quantitative estimate of drug-likeness (QED) is 0.459. The summed E-state index contributed by atoms with van der Waals surface area (Å²) >= 11 is 0. The molecule has 0 aromatic rings. The Labute approximate surface area is 65.4 Å². The highest BCUT2D eigenvalue weighted by Crippen LogP contribution is 1.93. The highest BCUT2D eigenvalue weighted by molar-refractivity contribution is 5.72. The molecule has 0 amide bonds. The third-order valence-electron chi connectivity index (χ3n) is 0.970. The van der Waals surface area contributed by atoms with Crippen molar-refractivity contribution in [2.75, 3.05) is 0 Å². The lowest BCUT2D eigenvalue weighted by Crippen LogP contribution is -2.09. The van der Waals surface area contributed by atoms with E-state index in [-0.39, 0.29) is 12.8 Å². The van der Waals surface area contributed by atoms with Crippen molar-refractivity contribution >= 4 is 11.9 Å². The number of hydrogen-bond acceptors (Lipinski definition) is 4. The summed E-state index contributed by atoms with van der Waals surface area (Å²) in [4.78, 5) is 29.2. The second kappa shape index (κ2) is 5.70. The molecule has 0 aliphatic carbocycles. The van der Waals surface area contributed by atoms with Gasteiger partial charge in [0, 0.05) is 12.8 Å². The van der Waals surface area contributed by atoms with Gasteiger partial charge in [-0.05, 0) is 6.42 Å². The Morgan fingerprint density at radius 3 is 2.09 bits per heavy atom. The predicted octanol–water partition coefficient (Wildman–Crippen LogP) is 1.20. The summed E-state index contributed by atoms with van der Waals surface area (Å²) in [6, 6.07) is 0. The molecule has 0 aliphatic rings. The van der Waals surface area contributed by atoms with Gasteiger partial charge in [0.25, 0.3) is 0 Å². The predicted molar refractivity (Wildman–Crippen MR) is 37.4 cm³/mol. The summed E-state index contributed by atoms with van der Waals surface area (Å²) in [7, 11) is 0. The Morgan fingerprint density at radius 2 is 1.64 bits per heavy atom. The van der Waals surface area contributed by atoms with Crippen LogP contribution >= 0.6 is 0 Å². The van der Waals surface area contributed by atoms with Crippen molar-refractivity contribution in [3.8, 4) is 0 Å². The molecule has 11 heavy (non-hydrogen) atoms. The average Bonchev–Trinajstić information content (AvgIpc) is 2.01. The molecule has 4 nitrogen and oxygen atoms in total. The van der Waals surface area contributed by atoms with Crippen LogP contribution in [0.3, 0.4) is 0 Å². The number of rotatable bonds is 3. The third kappa shape index (κ3) is 5.39. The minimum Gasteiger partial charge on any atom is -0.247 e. The first-order chi connectivity index (χ1) is 5.20. The lowest BCUT2D eigenvalue weighted by Gasteiger charge is -1.99. The summed E-state index contributed by atoms with van der Waals surface area (Å²) in [5.41, 5.74) is 0. The number of carbonyl (C=O) groups excluding carboxylic acids is 2. The van der Waals surface area contributed by atoms with E-state index in [4.69, 9.17) is 0 Å². The van der Waals surface area contributed by atoms with E-state index in [2.05, 4.69) is 9.78 Å². The van der Waals surface area contributed by atoms with Gasteiger partial charge >= 0.3 is 11.9 Å². The molecule has 64 valence electrons. The van der Waals surface area contributed by atoms with Crippen LogP contribution in [0.1, 0.15) is 33.1 Å². The van der Waals surface area contributed by atoms with Crippen molar-refractivity contribution in [1.29, 1.82) is 0 Å². The molecule has 0 atom stereocenters. The maximum Gasteiger partial charge on any atom is 0.355 e. The van der Waals surface area contributed by atoms with Crippen molar-refractivity contribution in [1.82, 2.24) is 0 Å². The van der Waals surface area contributed by atoms with E-state index < -0.39 is 11.9 Å². The summed E-state index contributed by atoms with van der Waals surface area (Å²) in [5, 5.41) is 0. The van der Waals surface area contributed by atoms with Gasteiger partial charge in [0.05, 0.1) is 0 Å². The van der Waals surface area contributed by atoms with Gasteiger partial charge in [0.15, 0.2) is 0 Å². The molecule has 0 rings (SSSR count). The molecule has 0 saturated carbocycles. The maximum absolute atomic E-state index is 10.6. The van der Waals surface area contributed by atoms with E-state index in [9.17, 15) is 9.59 Å². The van der Waals surface area contributed by atoms with Crippen LogP contribution in [-0.4, -0.2) is 11.9 Å². The Bertz CT molecular complexity index is 141. The second-order valence-electron chi connectivity index (χ2n) is 2.01. The van der Waals surface area contributed by atoms with Gasteiger partial charge in [-0.2, -0.15) is 0 Å². The van der Waals surface area contributed by atoms with E-state index in [0.29, 0.717) is 6.42 Å². The first kappa shape index (κ1) is 9.94. The van der Waals surface area contributed by atoms with Crippen molar-refractivity contribution in [3.63, 3.8) is 0 Å². The van der Waals surface area contributed by atoms with Crippen LogP contribution in [0.2, 0.25) is 0 Å². The molecule has 0 aromatic carbocycles. The van der Waals surface area contributed by atoms with Gasteiger partial charge in [0.2, 0.25) is 0 Å². The monoisotopic (exact) mass is 160 g/mol. The molecule has 0 radical (unpaired) electrons. The topological polar surface area (TPSA) is 52.6 Å². The van der Waals surface area contributed by atoms with Crippen LogP contribution in [0.4, 0.5) is 0 Å². The van der Waals surface area contributed by atoms with Crippen LogP contribution in [0, 0.1) is 0 Å². The highest BCUT2D eigenvalue weighted by Gasteiger charge is 2.05. The van der Waals surface area contributed by atoms with Crippen LogP contribution in [0.5, 0.6) is 0 Å². The molecule has 0 saturated heterocycles. The molecule has 0 fully saturated rings. The van der Waals surface area contributed by atoms with Gasteiger partial charge in [-0.1, -0.05) is 13.8 Å². The molecule has 4 heteroatoms. The zero-order chi connectivity index (χ0) is 8.69. The summed E-state index contributed by atoms with van der Waals surface area (Å²) in [6.45, 7) is 3.46. The normalized spacial score (nSPS) is 8.91. The SMILES string of the molecule is CCCC(=O)OOC(=O)CC. The van der Waals surface area contributed by atoms with E-state index in [1.807, 2.05) is 6.92 Å². The molecular weight excluding hydrogens is 148 g/mol. The number of hydrogen-bond donors (Lipinski definition) is 0. The first-order valence-electron chi connectivity index (χ1n) is 3.60. The molecule has 0 heterocycles. The third-order valence-corrected chi connectivity index (χ3v) is 0.970. The highest BCUT2D eigenvalue weighted by atomic mass is 17.2. The van der Waals surface area contributed by atoms with Crippen molar-refractivity contribution in [2.45, 2.75) is 33.1 Å². The lowest BCUT2D eigenvalue weighted by atomic mass is 10.3. The van der Waals surface area contributed by atoms with Crippen LogP contribution < -0.4 is 0 Å². The van der Waals surface area contributed by atoms with Gasteiger partial charge in [-0.25, -0.2) is 19.4 Å². The zero-order valence-corrected chi connectivity index (χ0v) is 6.75. The zero-order valence-electron chi connectivity index (χ0n) is 6.75. The molecular formula is C7H12O4. The van der Waals surface area contributed by atoms with E-state index in [0.717, 1.165) is 0 Å². The molecule has 0 bridgehead atoms. The lowest BCUT2D eigenvalue weighted by molar-refractivity contribution is -0.258. The minimum absolute atomic E-state index is 0.208. The van der Waals surface area contributed by atoms with E-state index >= 15 is 0 Å². The summed E-state index contributed by atoms with van der Waals surface area (Å²) in [5.74, 6) is -1.04. The molecule has 0 aliphatic heterocycles. The fourth-order valence-corrected chi connectivity index (χ4v) is 0.398. The van der Waals surface area contributed by atoms with Gasteiger partial charge in [0.1, 0.15) is 0 Å². The Balaban J connectivity index is 3.38. The van der Waals surface area contributed by atoms with E-state index in [1.165, 1.54) is 0 Å². The molecule has 0 spiro atoms. The van der Waals surface area contributed by atoms with Crippen molar-refractivity contribution in [3.05, 3.63) is 0 Å². The van der Waals surface area contributed by atoms with Crippen LogP contribution in [0.15, 0.2) is 0 Å². The smallest absolute Gasteiger partial charge is 0.247 e. The van der Waals surface area contributed by atoms with Gasteiger partial charge in [-0.15, -0.1) is 0 Å². The molecule has 0 N–H and O–H groups in total. The second-order valence-corrected chi connectivity index (χ2v) is 2.01. The largest absolute Gasteiger partial charge is 0.355 e. The number of carbonyl (C=O) groups is 2. The molecule has 0 aromatic heterocycles. The molecule has 0 unspecified atom stereocenters. The fraction of sp³-hybridized carbons (Fsp3) is 0.714. The summed E-state index contributed by atoms with van der Waals surface area (Å²) < 4.78 is 0. The van der Waals surface area contributed by atoms with Crippen molar-refractivity contribution in [2.24, 2.45) is 0 Å². The fourth-order valence-electron chi connectivity index (χ4n) is 0.398.